The number of nitrogens with one attached hydrogen (secondary N) is 1. The number of carbonyl (C=O) groups is 1. The number of hydrogen-bond acceptors (Lipinski definition) is 3. The largest absolute Gasteiger partial charge is 0.324 e. The number of amides is 1. The van der Waals surface area contributed by atoms with Crippen LogP contribution < -0.4 is 11.1 Å². The van der Waals surface area contributed by atoms with Gasteiger partial charge in [-0.1, -0.05) is 6.07 Å². The number of benzene rings is 1. The highest BCUT2D eigenvalue weighted by atomic mass is 32.2. The van der Waals surface area contributed by atoms with E-state index in [2.05, 4.69) is 5.32 Å². The lowest BCUT2D eigenvalue weighted by Gasteiger charge is -2.22. The Morgan fingerprint density at radius 3 is 3.07 bits per heavy atom. The zero-order valence-corrected chi connectivity index (χ0v) is 8.73. The second-order valence-electron chi connectivity index (χ2n) is 3.32. The molecule has 1 amide bonds. The number of carbonyl (C=O) groups excluding carboxylic acids is 1. The number of nitrogens with two attached hydrogens (primary N) is 1. The summed E-state index contributed by atoms with van der Waals surface area (Å²) in [6, 6.07) is 5.67. The Bertz CT molecular complexity index is 378. The fraction of sp³-hybridized carbons (Fsp3) is 0.300. The summed E-state index contributed by atoms with van der Waals surface area (Å²) in [7, 11) is 0. The fourth-order valence-corrected chi connectivity index (χ4v) is 1.97. The zero-order valence-electron chi connectivity index (χ0n) is 7.91. The molecule has 1 aromatic carbocycles. The summed E-state index contributed by atoms with van der Waals surface area (Å²) in [5.74, 6) is -0.0873. The third-order valence-electron chi connectivity index (χ3n) is 2.35. The molecule has 14 heavy (non-hydrogen) atoms. The Labute approximate surface area is 87.1 Å². The first-order valence-electron chi connectivity index (χ1n) is 4.44. The summed E-state index contributed by atoms with van der Waals surface area (Å²) in [5, 5.41) is 2.81. The number of hydrogen-bond donors (Lipinski definition) is 2. The quantitative estimate of drug-likeness (QED) is 0.682. The maximum Gasteiger partial charge on any atom is 0.241 e. The van der Waals surface area contributed by atoms with Crippen molar-refractivity contribution in [2.24, 2.45) is 5.73 Å². The van der Waals surface area contributed by atoms with Crippen molar-refractivity contribution < 1.29 is 4.79 Å². The molecule has 4 heteroatoms. The van der Waals surface area contributed by atoms with Crippen molar-refractivity contribution in [2.45, 2.75) is 17.4 Å². The Morgan fingerprint density at radius 2 is 2.36 bits per heavy atom. The van der Waals surface area contributed by atoms with Gasteiger partial charge in [0.2, 0.25) is 5.91 Å². The molecule has 1 aliphatic rings. The van der Waals surface area contributed by atoms with Gasteiger partial charge < -0.3 is 11.1 Å². The summed E-state index contributed by atoms with van der Waals surface area (Å²) in [6.45, 7) is 0. The topological polar surface area (TPSA) is 55.1 Å². The molecule has 0 saturated carbocycles. The van der Waals surface area contributed by atoms with E-state index in [9.17, 15) is 4.79 Å². The minimum atomic E-state index is -0.400. The SMILES string of the molecule is CSc1ccc2c(c1)NC(=O)C(N)C2. The lowest BCUT2D eigenvalue weighted by atomic mass is 10.00. The van der Waals surface area contributed by atoms with E-state index in [-0.39, 0.29) is 5.91 Å². The Morgan fingerprint density at radius 1 is 1.57 bits per heavy atom. The summed E-state index contributed by atoms with van der Waals surface area (Å²) in [4.78, 5) is 12.5. The summed E-state index contributed by atoms with van der Waals surface area (Å²) in [5.41, 5.74) is 7.67. The van der Waals surface area contributed by atoms with Gasteiger partial charge in [-0.15, -0.1) is 11.8 Å². The van der Waals surface area contributed by atoms with Crippen LogP contribution in [0.4, 0.5) is 5.69 Å². The molecule has 74 valence electrons. The average molecular weight is 208 g/mol. The predicted octanol–water partition coefficient (Wildman–Crippen LogP) is 1.23. The van der Waals surface area contributed by atoms with E-state index in [0.717, 1.165) is 16.1 Å². The van der Waals surface area contributed by atoms with Crippen molar-refractivity contribution in [3.8, 4) is 0 Å². The standard InChI is InChI=1S/C10H12N2OS/c1-14-7-3-2-6-4-8(11)10(13)12-9(6)5-7/h2-3,5,8H,4,11H2,1H3,(H,12,13). The first-order valence-corrected chi connectivity index (χ1v) is 5.66. The lowest BCUT2D eigenvalue weighted by molar-refractivity contribution is -0.117. The van der Waals surface area contributed by atoms with Crippen LogP contribution in [0.15, 0.2) is 23.1 Å². The molecule has 2 rings (SSSR count). The molecule has 3 N–H and O–H groups in total. The minimum Gasteiger partial charge on any atom is -0.324 e. The maximum atomic E-state index is 11.3. The van der Waals surface area contributed by atoms with Gasteiger partial charge in [0, 0.05) is 10.6 Å². The molecule has 0 saturated heterocycles. The average Bonchev–Trinajstić information content (AvgIpc) is 2.19. The number of thioether (sulfide) groups is 1. The third-order valence-corrected chi connectivity index (χ3v) is 3.08. The minimum absolute atomic E-state index is 0.0873. The molecular weight excluding hydrogens is 196 g/mol. The first kappa shape index (κ1) is 9.55. The molecule has 0 aliphatic carbocycles. The molecule has 1 atom stereocenters. The van der Waals surface area contributed by atoms with Crippen molar-refractivity contribution in [3.05, 3.63) is 23.8 Å². The Hall–Kier alpha value is -1.00. The van der Waals surface area contributed by atoms with Crippen molar-refractivity contribution >= 4 is 23.4 Å². The van der Waals surface area contributed by atoms with Gasteiger partial charge in [-0.3, -0.25) is 4.79 Å². The second kappa shape index (κ2) is 3.63. The van der Waals surface area contributed by atoms with Crippen LogP contribution in [0.3, 0.4) is 0 Å². The molecular formula is C10H12N2OS. The molecule has 3 nitrogen and oxygen atoms in total. The van der Waals surface area contributed by atoms with Gasteiger partial charge >= 0.3 is 0 Å². The van der Waals surface area contributed by atoms with E-state index < -0.39 is 6.04 Å². The van der Waals surface area contributed by atoms with Crippen LogP contribution in [0.25, 0.3) is 0 Å². The maximum absolute atomic E-state index is 11.3. The highest BCUT2D eigenvalue weighted by Gasteiger charge is 2.22. The van der Waals surface area contributed by atoms with Crippen molar-refractivity contribution in [1.82, 2.24) is 0 Å². The normalized spacial score (nSPS) is 20.1. The van der Waals surface area contributed by atoms with E-state index in [1.165, 1.54) is 0 Å². The summed E-state index contributed by atoms with van der Waals surface area (Å²) < 4.78 is 0. The van der Waals surface area contributed by atoms with Crippen LogP contribution in [0.5, 0.6) is 0 Å². The van der Waals surface area contributed by atoms with Crippen LogP contribution in [0.1, 0.15) is 5.56 Å². The second-order valence-corrected chi connectivity index (χ2v) is 4.20. The van der Waals surface area contributed by atoms with Crippen LogP contribution in [0, 0.1) is 0 Å². The van der Waals surface area contributed by atoms with Crippen LogP contribution >= 0.6 is 11.8 Å². The van der Waals surface area contributed by atoms with Crippen LogP contribution in [-0.4, -0.2) is 18.2 Å². The smallest absolute Gasteiger partial charge is 0.241 e. The van der Waals surface area contributed by atoms with Gasteiger partial charge in [0.25, 0.3) is 0 Å². The number of fused-ring (bicyclic) bond motifs is 1. The van der Waals surface area contributed by atoms with Crippen molar-refractivity contribution in [3.63, 3.8) is 0 Å². The van der Waals surface area contributed by atoms with Gasteiger partial charge in [-0.25, -0.2) is 0 Å². The third kappa shape index (κ3) is 1.63. The number of rotatable bonds is 1. The van der Waals surface area contributed by atoms with Crippen molar-refractivity contribution in [2.75, 3.05) is 11.6 Å². The monoisotopic (exact) mass is 208 g/mol. The summed E-state index contributed by atoms with van der Waals surface area (Å²) >= 11 is 1.66. The lowest BCUT2D eigenvalue weighted by Crippen LogP contribution is -2.41. The summed E-state index contributed by atoms with van der Waals surface area (Å²) in [6.07, 6.45) is 2.65. The van der Waals surface area contributed by atoms with Gasteiger partial charge in [0.05, 0.1) is 6.04 Å². The number of anilines is 1. The Balaban J connectivity index is 2.37. The molecule has 1 aliphatic heterocycles. The van der Waals surface area contributed by atoms with Gasteiger partial charge in [0.15, 0.2) is 0 Å². The van der Waals surface area contributed by atoms with Gasteiger partial charge in [-0.05, 0) is 30.4 Å². The molecule has 1 aromatic rings. The van der Waals surface area contributed by atoms with E-state index in [1.54, 1.807) is 11.8 Å². The fourth-order valence-electron chi connectivity index (χ4n) is 1.53. The molecule has 0 bridgehead atoms. The molecule has 1 heterocycles. The van der Waals surface area contributed by atoms with E-state index in [4.69, 9.17) is 5.73 Å². The highest BCUT2D eigenvalue weighted by molar-refractivity contribution is 7.98. The molecule has 0 radical (unpaired) electrons. The Kier molecular flexibility index (Phi) is 2.48. The molecule has 1 unspecified atom stereocenters. The van der Waals surface area contributed by atoms with Gasteiger partial charge in [-0.2, -0.15) is 0 Å². The zero-order chi connectivity index (χ0) is 10.1. The van der Waals surface area contributed by atoms with Gasteiger partial charge in [0.1, 0.15) is 0 Å². The van der Waals surface area contributed by atoms with E-state index in [1.807, 2.05) is 24.5 Å². The van der Waals surface area contributed by atoms with Crippen LogP contribution in [0.2, 0.25) is 0 Å². The molecule has 0 spiro atoms. The highest BCUT2D eigenvalue weighted by Crippen LogP contribution is 2.26. The van der Waals surface area contributed by atoms with E-state index >= 15 is 0 Å². The van der Waals surface area contributed by atoms with E-state index in [0.29, 0.717) is 6.42 Å². The van der Waals surface area contributed by atoms with Crippen molar-refractivity contribution in [1.29, 1.82) is 0 Å². The molecule has 0 aromatic heterocycles. The van der Waals surface area contributed by atoms with Crippen LogP contribution in [-0.2, 0) is 11.2 Å². The first-order chi connectivity index (χ1) is 6.70. The molecule has 0 fully saturated rings. The predicted molar refractivity (Wildman–Crippen MR) is 58.5 cm³/mol.